The Morgan fingerprint density at radius 2 is 2.11 bits per heavy atom. The summed E-state index contributed by atoms with van der Waals surface area (Å²) >= 11 is 0. The number of nitrogens with zero attached hydrogens (tertiary/aromatic N) is 1. The summed E-state index contributed by atoms with van der Waals surface area (Å²) in [6.45, 7) is 1.39. The van der Waals surface area contributed by atoms with Crippen molar-refractivity contribution in [1.82, 2.24) is 15.5 Å². The van der Waals surface area contributed by atoms with E-state index in [4.69, 9.17) is 9.84 Å². The predicted molar refractivity (Wildman–Crippen MR) is 69.4 cm³/mol. The third-order valence-electron chi connectivity index (χ3n) is 2.70. The van der Waals surface area contributed by atoms with Crippen LogP contribution >= 0.6 is 0 Å². The summed E-state index contributed by atoms with van der Waals surface area (Å²) in [4.78, 5) is 0. The lowest BCUT2D eigenvalue weighted by atomic mass is 10.1. The third kappa shape index (κ3) is 2.88. The SMILES string of the molecule is COc1ccc(-c2[nH]ncc2CNCCO)cc1. The van der Waals surface area contributed by atoms with Gasteiger partial charge in [0.1, 0.15) is 5.75 Å². The van der Waals surface area contributed by atoms with Gasteiger partial charge in [-0.25, -0.2) is 0 Å². The highest BCUT2D eigenvalue weighted by Crippen LogP contribution is 2.23. The highest BCUT2D eigenvalue weighted by Gasteiger charge is 2.07. The smallest absolute Gasteiger partial charge is 0.118 e. The number of benzene rings is 1. The molecule has 2 aromatic rings. The number of nitrogens with one attached hydrogen (secondary N) is 2. The Balaban J connectivity index is 2.14. The van der Waals surface area contributed by atoms with Crippen molar-refractivity contribution in [3.8, 4) is 17.0 Å². The first-order valence-corrected chi connectivity index (χ1v) is 5.83. The molecule has 0 aliphatic rings. The zero-order valence-electron chi connectivity index (χ0n) is 10.3. The summed E-state index contributed by atoms with van der Waals surface area (Å²) in [6.07, 6.45) is 1.80. The van der Waals surface area contributed by atoms with Gasteiger partial charge >= 0.3 is 0 Å². The van der Waals surface area contributed by atoms with E-state index in [-0.39, 0.29) is 6.61 Å². The summed E-state index contributed by atoms with van der Waals surface area (Å²) in [7, 11) is 1.65. The van der Waals surface area contributed by atoms with Crippen molar-refractivity contribution < 1.29 is 9.84 Å². The van der Waals surface area contributed by atoms with E-state index in [0.29, 0.717) is 13.1 Å². The molecule has 0 fully saturated rings. The molecular weight excluding hydrogens is 230 g/mol. The van der Waals surface area contributed by atoms with Crippen molar-refractivity contribution in [2.24, 2.45) is 0 Å². The maximum absolute atomic E-state index is 8.74. The molecule has 0 amide bonds. The van der Waals surface area contributed by atoms with Crippen LogP contribution in [-0.4, -0.2) is 35.6 Å². The van der Waals surface area contributed by atoms with Gasteiger partial charge in [0.05, 0.1) is 25.6 Å². The first kappa shape index (κ1) is 12.6. The summed E-state index contributed by atoms with van der Waals surface area (Å²) in [6, 6.07) is 7.81. The number of methoxy groups -OCH3 is 1. The number of aliphatic hydroxyl groups is 1. The van der Waals surface area contributed by atoms with Crippen molar-refractivity contribution in [2.75, 3.05) is 20.3 Å². The van der Waals surface area contributed by atoms with Gasteiger partial charge in [0.25, 0.3) is 0 Å². The van der Waals surface area contributed by atoms with Crippen molar-refractivity contribution >= 4 is 0 Å². The summed E-state index contributed by atoms with van der Waals surface area (Å²) in [5.41, 5.74) is 3.13. The molecule has 0 atom stereocenters. The molecule has 0 saturated carbocycles. The van der Waals surface area contributed by atoms with E-state index in [2.05, 4.69) is 15.5 Å². The number of ether oxygens (including phenoxy) is 1. The summed E-state index contributed by atoms with van der Waals surface area (Å²) in [5, 5.41) is 18.9. The molecule has 2 rings (SSSR count). The Hall–Kier alpha value is -1.85. The molecular formula is C13H17N3O2. The maximum Gasteiger partial charge on any atom is 0.118 e. The van der Waals surface area contributed by atoms with Crippen LogP contribution in [0.5, 0.6) is 5.75 Å². The molecule has 18 heavy (non-hydrogen) atoms. The van der Waals surface area contributed by atoms with Crippen LogP contribution in [-0.2, 0) is 6.54 Å². The van der Waals surface area contributed by atoms with E-state index in [1.165, 1.54) is 0 Å². The highest BCUT2D eigenvalue weighted by molar-refractivity contribution is 5.63. The number of H-pyrrole nitrogens is 1. The van der Waals surface area contributed by atoms with Gasteiger partial charge in [-0.3, -0.25) is 5.10 Å². The Labute approximate surface area is 106 Å². The lowest BCUT2D eigenvalue weighted by molar-refractivity contribution is 0.292. The number of rotatable bonds is 6. The molecule has 5 nitrogen and oxygen atoms in total. The minimum absolute atomic E-state index is 0.135. The van der Waals surface area contributed by atoms with Gasteiger partial charge in [0.15, 0.2) is 0 Å². The van der Waals surface area contributed by atoms with Crippen LogP contribution < -0.4 is 10.1 Å². The molecule has 3 N–H and O–H groups in total. The summed E-state index contributed by atoms with van der Waals surface area (Å²) in [5.74, 6) is 0.832. The van der Waals surface area contributed by atoms with E-state index in [1.807, 2.05) is 24.3 Å². The number of aliphatic hydroxyl groups excluding tert-OH is 1. The topological polar surface area (TPSA) is 70.2 Å². The van der Waals surface area contributed by atoms with Crippen LogP contribution in [0.1, 0.15) is 5.56 Å². The molecule has 0 aliphatic carbocycles. The van der Waals surface area contributed by atoms with Gasteiger partial charge < -0.3 is 15.2 Å². The van der Waals surface area contributed by atoms with Crippen molar-refractivity contribution in [1.29, 1.82) is 0 Å². The quantitative estimate of drug-likeness (QED) is 0.670. The van der Waals surface area contributed by atoms with E-state index in [9.17, 15) is 0 Å². The number of aromatic nitrogens is 2. The van der Waals surface area contributed by atoms with Crippen LogP contribution in [0.15, 0.2) is 30.5 Å². The van der Waals surface area contributed by atoms with Gasteiger partial charge in [0.2, 0.25) is 0 Å². The highest BCUT2D eigenvalue weighted by atomic mass is 16.5. The van der Waals surface area contributed by atoms with E-state index >= 15 is 0 Å². The van der Waals surface area contributed by atoms with Gasteiger partial charge in [-0.1, -0.05) is 0 Å². The van der Waals surface area contributed by atoms with Crippen LogP contribution in [0.3, 0.4) is 0 Å². The standard InChI is InChI=1S/C13H17N3O2/c1-18-12-4-2-10(3-5-12)13-11(9-15-16-13)8-14-6-7-17/h2-5,9,14,17H,6-8H2,1H3,(H,15,16). The molecule has 0 bridgehead atoms. The monoisotopic (exact) mass is 247 g/mol. The maximum atomic E-state index is 8.74. The Morgan fingerprint density at radius 3 is 2.78 bits per heavy atom. The second kappa shape index (κ2) is 6.18. The zero-order valence-corrected chi connectivity index (χ0v) is 10.3. The Kier molecular flexibility index (Phi) is 4.33. The minimum atomic E-state index is 0.135. The minimum Gasteiger partial charge on any atom is -0.497 e. The lowest BCUT2D eigenvalue weighted by Crippen LogP contribution is -2.17. The van der Waals surface area contributed by atoms with Gasteiger partial charge in [0, 0.05) is 24.2 Å². The van der Waals surface area contributed by atoms with Crippen molar-refractivity contribution in [3.63, 3.8) is 0 Å². The molecule has 1 aromatic heterocycles. The van der Waals surface area contributed by atoms with Gasteiger partial charge in [-0.2, -0.15) is 5.10 Å². The molecule has 0 aliphatic heterocycles. The van der Waals surface area contributed by atoms with E-state index in [0.717, 1.165) is 22.6 Å². The molecule has 0 radical (unpaired) electrons. The number of aromatic amines is 1. The fourth-order valence-corrected chi connectivity index (χ4v) is 1.75. The largest absolute Gasteiger partial charge is 0.497 e. The second-order valence-corrected chi connectivity index (χ2v) is 3.90. The second-order valence-electron chi connectivity index (χ2n) is 3.90. The number of hydrogen-bond donors (Lipinski definition) is 3. The molecule has 96 valence electrons. The van der Waals surface area contributed by atoms with Crippen LogP contribution in [0.25, 0.3) is 11.3 Å². The number of hydrogen-bond acceptors (Lipinski definition) is 4. The molecule has 1 heterocycles. The normalized spacial score (nSPS) is 10.6. The predicted octanol–water partition coefficient (Wildman–Crippen LogP) is 1.17. The molecule has 1 aromatic carbocycles. The van der Waals surface area contributed by atoms with E-state index in [1.54, 1.807) is 13.3 Å². The third-order valence-corrected chi connectivity index (χ3v) is 2.70. The zero-order chi connectivity index (χ0) is 12.8. The first-order chi connectivity index (χ1) is 8.85. The Morgan fingerprint density at radius 1 is 1.33 bits per heavy atom. The molecule has 0 unspecified atom stereocenters. The fourth-order valence-electron chi connectivity index (χ4n) is 1.75. The van der Waals surface area contributed by atoms with Crippen LogP contribution in [0.4, 0.5) is 0 Å². The molecule has 0 saturated heterocycles. The molecule has 5 heteroatoms. The summed E-state index contributed by atoms with van der Waals surface area (Å²) < 4.78 is 5.13. The van der Waals surface area contributed by atoms with Gasteiger partial charge in [-0.05, 0) is 24.3 Å². The van der Waals surface area contributed by atoms with Crippen molar-refractivity contribution in [2.45, 2.75) is 6.54 Å². The fraction of sp³-hybridized carbons (Fsp3) is 0.308. The van der Waals surface area contributed by atoms with E-state index < -0.39 is 0 Å². The average molecular weight is 247 g/mol. The van der Waals surface area contributed by atoms with Crippen molar-refractivity contribution in [3.05, 3.63) is 36.0 Å². The Bertz CT molecular complexity index is 479. The molecule has 0 spiro atoms. The van der Waals surface area contributed by atoms with Gasteiger partial charge in [-0.15, -0.1) is 0 Å². The van der Waals surface area contributed by atoms with Crippen LogP contribution in [0.2, 0.25) is 0 Å². The first-order valence-electron chi connectivity index (χ1n) is 5.83. The van der Waals surface area contributed by atoms with Crippen LogP contribution in [0, 0.1) is 0 Å². The lowest BCUT2D eigenvalue weighted by Gasteiger charge is -2.05. The average Bonchev–Trinajstić information content (AvgIpc) is 2.88.